The minimum atomic E-state index is -3.64. The molecule has 6 nitrogen and oxygen atoms in total. The fourth-order valence-electron chi connectivity index (χ4n) is 1.93. The number of ether oxygens (including phenoxy) is 1. The van der Waals surface area contributed by atoms with Gasteiger partial charge in [0.1, 0.15) is 10.7 Å². The number of aromatic nitrogens is 1. The van der Waals surface area contributed by atoms with E-state index >= 15 is 0 Å². The Bertz CT molecular complexity index is 524. The Balaban J connectivity index is 2.25. The maximum absolute atomic E-state index is 12.3. The summed E-state index contributed by atoms with van der Waals surface area (Å²) in [6.45, 7) is 2.99. The average Bonchev–Trinajstić information content (AvgIpc) is 2.28. The first-order valence-electron chi connectivity index (χ1n) is 5.75. The van der Waals surface area contributed by atoms with Crippen LogP contribution in [0.4, 0.5) is 5.82 Å². The van der Waals surface area contributed by atoms with Crippen molar-refractivity contribution in [2.24, 2.45) is 0 Å². The van der Waals surface area contributed by atoms with Crippen LogP contribution < -0.4 is 10.5 Å². The van der Waals surface area contributed by atoms with Crippen LogP contribution in [0, 0.1) is 0 Å². The van der Waals surface area contributed by atoms with Gasteiger partial charge in [0.15, 0.2) is 0 Å². The van der Waals surface area contributed by atoms with E-state index in [0.717, 1.165) is 0 Å². The van der Waals surface area contributed by atoms with E-state index in [0.29, 0.717) is 26.1 Å². The highest BCUT2D eigenvalue weighted by molar-refractivity contribution is 7.89. The largest absolute Gasteiger partial charge is 0.383 e. The standard InChI is InChI=1S/C11H17N3O3S/c1-11(4-7-17-8-5-11)14-18(15,16)9-3-2-6-13-10(9)12/h2-3,6,14H,4-5,7-8H2,1H3,(H2,12,13). The van der Waals surface area contributed by atoms with Crippen LogP contribution in [0.1, 0.15) is 19.8 Å². The first kappa shape index (κ1) is 13.3. The molecule has 1 saturated heterocycles. The fourth-order valence-corrected chi connectivity index (χ4v) is 3.48. The van der Waals surface area contributed by atoms with Crippen LogP contribution >= 0.6 is 0 Å². The quantitative estimate of drug-likeness (QED) is 0.835. The van der Waals surface area contributed by atoms with E-state index in [1.807, 2.05) is 6.92 Å². The number of sulfonamides is 1. The summed E-state index contributed by atoms with van der Waals surface area (Å²) < 4.78 is 32.4. The van der Waals surface area contributed by atoms with Gasteiger partial charge in [-0.25, -0.2) is 18.1 Å². The molecular weight excluding hydrogens is 254 g/mol. The minimum absolute atomic E-state index is 0.0145. The van der Waals surface area contributed by atoms with Crippen molar-refractivity contribution in [1.82, 2.24) is 9.71 Å². The van der Waals surface area contributed by atoms with Gasteiger partial charge in [-0.05, 0) is 31.9 Å². The van der Waals surface area contributed by atoms with Gasteiger partial charge in [-0.15, -0.1) is 0 Å². The Morgan fingerprint density at radius 3 is 2.72 bits per heavy atom. The van der Waals surface area contributed by atoms with Gasteiger partial charge in [0.25, 0.3) is 0 Å². The Kier molecular flexibility index (Phi) is 3.56. The molecular formula is C11H17N3O3S. The molecule has 0 saturated carbocycles. The molecule has 1 aromatic rings. The van der Waals surface area contributed by atoms with Crippen molar-refractivity contribution in [1.29, 1.82) is 0 Å². The highest BCUT2D eigenvalue weighted by atomic mass is 32.2. The maximum atomic E-state index is 12.3. The third-order valence-electron chi connectivity index (χ3n) is 3.07. The monoisotopic (exact) mass is 271 g/mol. The molecule has 2 rings (SSSR count). The molecule has 0 spiro atoms. The van der Waals surface area contributed by atoms with Gasteiger partial charge in [0.05, 0.1) is 0 Å². The first-order valence-corrected chi connectivity index (χ1v) is 7.24. The summed E-state index contributed by atoms with van der Waals surface area (Å²) in [4.78, 5) is 3.82. The number of nitrogens with two attached hydrogens (primary N) is 1. The molecule has 18 heavy (non-hydrogen) atoms. The fraction of sp³-hybridized carbons (Fsp3) is 0.545. The lowest BCUT2D eigenvalue weighted by atomic mass is 9.94. The van der Waals surface area contributed by atoms with E-state index in [1.54, 1.807) is 6.07 Å². The van der Waals surface area contributed by atoms with Crippen LogP contribution in [-0.2, 0) is 14.8 Å². The SMILES string of the molecule is CC1(NS(=O)(=O)c2cccnc2N)CCOCC1. The molecule has 1 aliphatic heterocycles. The summed E-state index contributed by atoms with van der Waals surface area (Å²) in [6.07, 6.45) is 2.75. The molecule has 0 unspecified atom stereocenters. The molecule has 1 aromatic heterocycles. The molecule has 0 amide bonds. The number of anilines is 1. The predicted octanol–water partition coefficient (Wildman–Crippen LogP) is 0.511. The Morgan fingerprint density at radius 1 is 1.44 bits per heavy atom. The summed E-state index contributed by atoms with van der Waals surface area (Å²) in [7, 11) is -3.64. The van der Waals surface area contributed by atoms with Crippen LogP contribution in [0.15, 0.2) is 23.2 Å². The van der Waals surface area contributed by atoms with Crippen molar-refractivity contribution in [2.45, 2.75) is 30.2 Å². The number of nitrogens with one attached hydrogen (secondary N) is 1. The molecule has 3 N–H and O–H groups in total. The summed E-state index contributed by atoms with van der Waals surface area (Å²) in [5.41, 5.74) is 5.11. The lowest BCUT2D eigenvalue weighted by Crippen LogP contribution is -2.49. The van der Waals surface area contributed by atoms with E-state index < -0.39 is 15.6 Å². The zero-order valence-electron chi connectivity index (χ0n) is 10.2. The predicted molar refractivity (Wildman–Crippen MR) is 67.4 cm³/mol. The molecule has 0 bridgehead atoms. The van der Waals surface area contributed by atoms with Crippen molar-refractivity contribution in [2.75, 3.05) is 18.9 Å². The van der Waals surface area contributed by atoms with Crippen molar-refractivity contribution in [3.63, 3.8) is 0 Å². The molecule has 7 heteroatoms. The second-order valence-corrected chi connectivity index (χ2v) is 6.32. The summed E-state index contributed by atoms with van der Waals surface area (Å²) in [5, 5.41) is 0. The van der Waals surface area contributed by atoms with Crippen LogP contribution in [0.5, 0.6) is 0 Å². The highest BCUT2D eigenvalue weighted by Crippen LogP contribution is 2.24. The molecule has 0 radical (unpaired) electrons. The molecule has 0 atom stereocenters. The van der Waals surface area contributed by atoms with Crippen molar-refractivity contribution in [3.05, 3.63) is 18.3 Å². The molecule has 0 aliphatic carbocycles. The van der Waals surface area contributed by atoms with Crippen LogP contribution in [0.3, 0.4) is 0 Å². The van der Waals surface area contributed by atoms with Gasteiger partial charge in [-0.3, -0.25) is 0 Å². The van der Waals surface area contributed by atoms with Gasteiger partial charge < -0.3 is 10.5 Å². The Hall–Kier alpha value is -1.18. The number of nitrogens with zero attached hydrogens (tertiary/aromatic N) is 1. The average molecular weight is 271 g/mol. The van der Waals surface area contributed by atoms with E-state index in [1.165, 1.54) is 12.3 Å². The van der Waals surface area contributed by atoms with Crippen molar-refractivity contribution < 1.29 is 13.2 Å². The summed E-state index contributed by atoms with van der Waals surface area (Å²) in [6, 6.07) is 3.00. The molecule has 2 heterocycles. The Labute approximate surface area is 107 Å². The van der Waals surface area contributed by atoms with Crippen LogP contribution in [0.25, 0.3) is 0 Å². The van der Waals surface area contributed by atoms with E-state index in [4.69, 9.17) is 10.5 Å². The molecule has 100 valence electrons. The maximum Gasteiger partial charge on any atom is 0.244 e. The number of nitrogen functional groups attached to an aromatic ring is 1. The zero-order chi connectivity index (χ0) is 13.2. The van der Waals surface area contributed by atoms with Gasteiger partial charge in [-0.2, -0.15) is 0 Å². The molecule has 1 fully saturated rings. The second-order valence-electron chi connectivity index (χ2n) is 4.67. The van der Waals surface area contributed by atoms with Crippen molar-refractivity contribution >= 4 is 15.8 Å². The lowest BCUT2D eigenvalue weighted by Gasteiger charge is -2.34. The number of hydrogen-bond acceptors (Lipinski definition) is 5. The molecule has 0 aromatic carbocycles. The van der Waals surface area contributed by atoms with E-state index in [2.05, 4.69) is 9.71 Å². The van der Waals surface area contributed by atoms with Crippen LogP contribution in [-0.4, -0.2) is 32.2 Å². The highest BCUT2D eigenvalue weighted by Gasteiger charge is 2.33. The molecule has 1 aliphatic rings. The van der Waals surface area contributed by atoms with Gasteiger partial charge in [0.2, 0.25) is 10.0 Å². The van der Waals surface area contributed by atoms with E-state index in [9.17, 15) is 8.42 Å². The normalized spacial score (nSPS) is 19.6. The third kappa shape index (κ3) is 2.80. The zero-order valence-corrected chi connectivity index (χ0v) is 11.0. The van der Waals surface area contributed by atoms with Gasteiger partial charge >= 0.3 is 0 Å². The minimum Gasteiger partial charge on any atom is -0.383 e. The summed E-state index contributed by atoms with van der Waals surface area (Å²) in [5.74, 6) is 0.0145. The Morgan fingerprint density at radius 2 is 2.11 bits per heavy atom. The topological polar surface area (TPSA) is 94.3 Å². The number of hydrogen-bond donors (Lipinski definition) is 2. The smallest absolute Gasteiger partial charge is 0.244 e. The first-order chi connectivity index (χ1) is 8.43. The van der Waals surface area contributed by atoms with Gasteiger partial charge in [0, 0.05) is 24.9 Å². The number of rotatable bonds is 3. The number of pyridine rings is 1. The van der Waals surface area contributed by atoms with E-state index in [-0.39, 0.29) is 10.7 Å². The van der Waals surface area contributed by atoms with Gasteiger partial charge in [-0.1, -0.05) is 0 Å². The third-order valence-corrected chi connectivity index (χ3v) is 4.75. The second kappa shape index (κ2) is 4.83. The van der Waals surface area contributed by atoms with Crippen LogP contribution in [0.2, 0.25) is 0 Å². The summed E-state index contributed by atoms with van der Waals surface area (Å²) >= 11 is 0. The van der Waals surface area contributed by atoms with Crippen molar-refractivity contribution in [3.8, 4) is 0 Å². The lowest BCUT2D eigenvalue weighted by molar-refractivity contribution is 0.0537.